The van der Waals surface area contributed by atoms with Crippen molar-refractivity contribution in [1.29, 1.82) is 5.26 Å². The summed E-state index contributed by atoms with van der Waals surface area (Å²) in [6, 6.07) is 24.4. The van der Waals surface area contributed by atoms with Crippen molar-refractivity contribution < 1.29 is 40.7 Å². The number of nitriles is 1. The van der Waals surface area contributed by atoms with Gasteiger partial charge in [0.05, 0.1) is 16.3 Å². The summed E-state index contributed by atoms with van der Waals surface area (Å²) in [6.07, 6.45) is 2.31. The van der Waals surface area contributed by atoms with Gasteiger partial charge in [-0.2, -0.15) is 5.26 Å². The predicted octanol–water partition coefficient (Wildman–Crippen LogP) is 9.24. The average molecular weight is 843 g/mol. The minimum absolute atomic E-state index is 0. The first-order valence-electron chi connectivity index (χ1n) is 21.4. The van der Waals surface area contributed by atoms with Crippen LogP contribution in [0.5, 0.6) is 0 Å². The van der Waals surface area contributed by atoms with Gasteiger partial charge in [0.15, 0.2) is 0 Å². The van der Waals surface area contributed by atoms with E-state index in [1.54, 1.807) is 30.3 Å². The van der Waals surface area contributed by atoms with Crippen LogP contribution in [0.2, 0.25) is 19.6 Å². The minimum Gasteiger partial charge on any atom is -0.304 e. The van der Waals surface area contributed by atoms with E-state index in [0.717, 1.165) is 10.8 Å². The van der Waals surface area contributed by atoms with E-state index in [1.807, 2.05) is 0 Å². The normalized spacial score (nSPS) is 16.9. The van der Waals surface area contributed by atoms with Crippen LogP contribution in [-0.4, -0.2) is 28.2 Å². The van der Waals surface area contributed by atoms with Crippen LogP contribution in [-0.2, 0) is 20.1 Å². The summed E-state index contributed by atoms with van der Waals surface area (Å²) < 4.78 is 115. The van der Waals surface area contributed by atoms with E-state index < -0.39 is 42.3 Å². The molecule has 0 bridgehead atoms. The van der Waals surface area contributed by atoms with Gasteiger partial charge in [0.2, 0.25) is 0 Å². The minimum atomic E-state index is -2.72. The molecule has 6 rings (SSSR count). The number of rotatable bonds is 5. The van der Waals surface area contributed by atoms with Crippen molar-refractivity contribution in [3.05, 3.63) is 125 Å². The maximum atomic E-state index is 9.97. The molecule has 0 saturated heterocycles. The molecule has 239 valence electrons. The summed E-state index contributed by atoms with van der Waals surface area (Å²) >= 11 is 1.44. The van der Waals surface area contributed by atoms with Gasteiger partial charge in [-0.3, -0.25) is 0 Å². The standard InChI is InChI=1S/C26H25N4SSi.C13H12N.Ir/c1-16-7-8-20(24-11-17(2)18(3)15-28-24)13-23(16)19-9-10-22(21(12-19)14-27)25-29-30-26(31-25)32(4,5)6;1-10-3-6-12(7-4-10)13-8-5-11(2)9-14-13;/h7,9-13,15H,1-6H3;3-6,8-9H,1-2H3;/q2*-1;/i1D3,2D3,3D3;1D3,2D3;. The van der Waals surface area contributed by atoms with Gasteiger partial charge >= 0.3 is 0 Å². The molecule has 0 aliphatic carbocycles. The molecule has 3 heterocycles. The molecule has 3 aromatic heterocycles. The zero-order valence-electron chi connectivity index (χ0n) is 40.5. The van der Waals surface area contributed by atoms with Gasteiger partial charge in [0.25, 0.3) is 0 Å². The molecule has 5 nitrogen and oxygen atoms in total. The fourth-order valence-electron chi connectivity index (χ4n) is 4.24. The molecule has 0 aliphatic rings. The molecule has 8 heteroatoms. The van der Waals surface area contributed by atoms with Gasteiger partial charge in [-0.15, -0.1) is 86.3 Å². The molecule has 0 amide bonds. The zero-order chi connectivity index (χ0) is 45.5. The molecule has 0 aliphatic heterocycles. The quantitative estimate of drug-likeness (QED) is 0.128. The Morgan fingerprint density at radius 1 is 0.723 bits per heavy atom. The van der Waals surface area contributed by atoms with E-state index in [2.05, 4.69) is 58.0 Å². The Morgan fingerprint density at radius 3 is 2.13 bits per heavy atom. The van der Waals surface area contributed by atoms with Crippen molar-refractivity contribution in [2.75, 3.05) is 0 Å². The molecule has 0 N–H and O–H groups in total. The molecule has 0 spiro atoms. The number of aryl methyl sites for hydroxylation is 5. The Hall–Kier alpha value is -4.12. The van der Waals surface area contributed by atoms with Gasteiger partial charge in [-0.1, -0.05) is 68.7 Å². The Bertz CT molecular complexity index is 2510. The third-order valence-corrected chi connectivity index (χ3v) is 11.0. The average Bonchev–Trinajstić information content (AvgIpc) is 3.67. The SMILES string of the molecule is [2H]C([2H])([2H])c1c[c-]c(-c2cc(C([2H])([2H])[2H])c(C([2H])([2H])[2H])cn2)cc1-c1ccc(-c2nnc([Si](C)(C)C)s2)c(C#N)c1.[2H]C([2H])([2H])c1c[c-]c(-c2ccc(C([2H])([2H])[2H])cn2)cc1.[Ir]. The number of nitrogens with zero attached hydrogens (tertiary/aromatic N) is 5. The van der Waals surface area contributed by atoms with Crippen LogP contribution in [0, 0.1) is 57.7 Å². The summed E-state index contributed by atoms with van der Waals surface area (Å²) in [6.45, 7) is -5.82. The molecular weight excluding hydrogens is 791 g/mol. The molecule has 47 heavy (non-hydrogen) atoms. The first-order chi connectivity index (χ1) is 28.0. The summed E-state index contributed by atoms with van der Waals surface area (Å²) in [4.78, 5) is 8.26. The molecule has 0 saturated carbocycles. The van der Waals surface area contributed by atoms with E-state index >= 15 is 0 Å². The van der Waals surface area contributed by atoms with Crippen LogP contribution in [0.3, 0.4) is 0 Å². The number of pyridine rings is 2. The van der Waals surface area contributed by atoms with Crippen molar-refractivity contribution >= 4 is 24.0 Å². The number of benzene rings is 3. The third kappa shape index (κ3) is 8.62. The van der Waals surface area contributed by atoms with E-state index in [1.165, 1.54) is 53.9 Å². The second kappa shape index (κ2) is 15.2. The third-order valence-electron chi connectivity index (χ3n) is 6.73. The monoisotopic (exact) mass is 843 g/mol. The molecule has 3 aromatic carbocycles. The smallest absolute Gasteiger partial charge is 0.148 e. The molecule has 6 aromatic rings. The fourth-order valence-corrected chi connectivity index (χ4v) is 6.74. The second-order valence-corrected chi connectivity index (χ2v) is 17.6. The van der Waals surface area contributed by atoms with Crippen LogP contribution >= 0.6 is 11.3 Å². The molecule has 1 radical (unpaired) electrons. The summed E-state index contributed by atoms with van der Waals surface area (Å²) in [5, 5.41) is 19.2. The van der Waals surface area contributed by atoms with E-state index in [0.29, 0.717) is 27.4 Å². The molecule has 0 fully saturated rings. The van der Waals surface area contributed by atoms with Crippen LogP contribution in [0.1, 0.15) is 53.9 Å². The largest absolute Gasteiger partial charge is 0.304 e. The van der Waals surface area contributed by atoms with Gasteiger partial charge < -0.3 is 9.97 Å². The van der Waals surface area contributed by atoms with Crippen molar-refractivity contribution in [2.24, 2.45) is 0 Å². The van der Waals surface area contributed by atoms with Gasteiger partial charge in [-0.05, 0) is 60.8 Å². The Balaban J connectivity index is 0.000000337. The fraction of sp³-hybridized carbons (Fsp3) is 0.205. The van der Waals surface area contributed by atoms with Crippen molar-refractivity contribution in [1.82, 2.24) is 20.2 Å². The van der Waals surface area contributed by atoms with E-state index in [-0.39, 0.29) is 70.3 Å². The Kier molecular flexibility index (Phi) is 6.56. The summed E-state index contributed by atoms with van der Waals surface area (Å²) in [5.74, 6) is 0. The first-order valence-corrected chi connectivity index (χ1v) is 18.3. The molecule has 0 unspecified atom stereocenters. The zero-order valence-corrected chi connectivity index (χ0v) is 29.7. The van der Waals surface area contributed by atoms with Crippen LogP contribution in [0.25, 0.3) is 44.2 Å². The first kappa shape index (κ1) is 20.3. The topological polar surface area (TPSA) is 75.3 Å². The predicted molar refractivity (Wildman–Crippen MR) is 193 cm³/mol. The molecular formula is C39H37IrN5SSi-2. The summed E-state index contributed by atoms with van der Waals surface area (Å²) in [5.41, 5.74) is 2.74. The second-order valence-electron chi connectivity index (χ2n) is 11.2. The Labute approximate surface area is 318 Å². The van der Waals surface area contributed by atoms with Gasteiger partial charge in [0, 0.05) is 58.6 Å². The maximum absolute atomic E-state index is 9.97. The number of hydrogen-bond donors (Lipinski definition) is 0. The number of hydrogen-bond acceptors (Lipinski definition) is 6. The van der Waals surface area contributed by atoms with Crippen molar-refractivity contribution in [3.63, 3.8) is 0 Å². The van der Waals surface area contributed by atoms with Gasteiger partial charge in [-0.25, -0.2) is 0 Å². The van der Waals surface area contributed by atoms with Crippen LogP contribution < -0.4 is 4.63 Å². The molecule has 0 atom stereocenters. The Morgan fingerprint density at radius 2 is 1.49 bits per heavy atom. The van der Waals surface area contributed by atoms with Crippen LogP contribution in [0.4, 0.5) is 0 Å². The maximum Gasteiger partial charge on any atom is 0.148 e. The van der Waals surface area contributed by atoms with E-state index in [9.17, 15) is 5.26 Å². The number of aromatic nitrogens is 4. The van der Waals surface area contributed by atoms with Crippen LogP contribution in [0.15, 0.2) is 79.1 Å². The van der Waals surface area contributed by atoms with Gasteiger partial charge in [0.1, 0.15) is 13.1 Å². The van der Waals surface area contributed by atoms with Crippen molar-refractivity contribution in [2.45, 2.75) is 53.9 Å². The van der Waals surface area contributed by atoms with Crippen molar-refractivity contribution in [3.8, 4) is 50.3 Å². The summed E-state index contributed by atoms with van der Waals surface area (Å²) in [7, 11) is -1.71. The van der Waals surface area contributed by atoms with E-state index in [4.69, 9.17) is 20.6 Å².